The number of hydrogen-bond acceptors (Lipinski definition) is 5. The highest BCUT2D eigenvalue weighted by atomic mass is 35.5. The Morgan fingerprint density at radius 2 is 2.07 bits per heavy atom. The van der Waals surface area contributed by atoms with E-state index in [1.807, 2.05) is 30.5 Å². The molecule has 0 bridgehead atoms. The lowest BCUT2D eigenvalue weighted by molar-refractivity contribution is 0.0688. The Morgan fingerprint density at radius 1 is 1.29 bits per heavy atom. The van der Waals surface area contributed by atoms with Crippen molar-refractivity contribution in [2.45, 2.75) is 25.9 Å². The fourth-order valence-electron chi connectivity index (χ4n) is 3.45. The second-order valence-corrected chi connectivity index (χ2v) is 11.9. The minimum atomic E-state index is -3.13. The number of nitrogens with zero attached hydrogens (tertiary/aromatic N) is 1. The lowest BCUT2D eigenvalue weighted by Crippen LogP contribution is -2.40. The van der Waals surface area contributed by atoms with Gasteiger partial charge < -0.3 is 4.90 Å². The fourth-order valence-corrected chi connectivity index (χ4v) is 7.99. The van der Waals surface area contributed by atoms with Crippen LogP contribution in [0.4, 0.5) is 0 Å². The molecule has 148 valence electrons. The van der Waals surface area contributed by atoms with Crippen molar-refractivity contribution in [3.8, 4) is 0 Å². The molecule has 9 heteroatoms. The minimum Gasteiger partial charge on any atom is -0.329 e. The molecule has 1 aromatic carbocycles. The van der Waals surface area contributed by atoms with Crippen molar-refractivity contribution in [1.82, 2.24) is 4.90 Å². The van der Waals surface area contributed by atoms with Crippen LogP contribution in [0.25, 0.3) is 10.1 Å². The van der Waals surface area contributed by atoms with Gasteiger partial charge in [0.2, 0.25) is 0 Å². The topological polar surface area (TPSA) is 54.5 Å². The number of fused-ring (bicyclic) bond motifs is 1. The maximum absolute atomic E-state index is 13.5. The van der Waals surface area contributed by atoms with Gasteiger partial charge in [-0.2, -0.15) is 0 Å². The van der Waals surface area contributed by atoms with Crippen LogP contribution in [0.1, 0.15) is 26.5 Å². The smallest absolute Gasteiger partial charge is 0.266 e. The minimum absolute atomic E-state index is 0.00751. The van der Waals surface area contributed by atoms with E-state index in [1.54, 1.807) is 22.3 Å². The monoisotopic (exact) mass is 473 g/mol. The van der Waals surface area contributed by atoms with E-state index in [0.29, 0.717) is 33.3 Å². The summed E-state index contributed by atoms with van der Waals surface area (Å²) in [5.41, 5.74) is 1.09. The van der Waals surface area contributed by atoms with Gasteiger partial charge in [0.05, 0.1) is 28.1 Å². The Kier molecular flexibility index (Phi) is 5.48. The molecule has 0 saturated carbocycles. The van der Waals surface area contributed by atoms with Crippen molar-refractivity contribution < 1.29 is 13.2 Å². The van der Waals surface area contributed by atoms with E-state index >= 15 is 0 Å². The van der Waals surface area contributed by atoms with Crippen molar-refractivity contribution in [3.63, 3.8) is 0 Å². The second kappa shape index (κ2) is 7.61. The van der Waals surface area contributed by atoms with Gasteiger partial charge in [-0.25, -0.2) is 8.42 Å². The van der Waals surface area contributed by atoms with E-state index in [0.717, 1.165) is 15.1 Å². The van der Waals surface area contributed by atoms with Crippen molar-refractivity contribution in [2.75, 3.05) is 11.5 Å². The molecule has 0 aliphatic carbocycles. The molecule has 3 aromatic rings. The number of thiophene rings is 2. The first kappa shape index (κ1) is 20.2. The van der Waals surface area contributed by atoms with Crippen molar-refractivity contribution >= 4 is 71.7 Å². The Hall–Kier alpha value is -1.12. The molecule has 0 radical (unpaired) electrons. The van der Waals surface area contributed by atoms with Gasteiger partial charge in [0.1, 0.15) is 4.88 Å². The van der Waals surface area contributed by atoms with Crippen LogP contribution >= 0.6 is 45.9 Å². The van der Waals surface area contributed by atoms with E-state index in [-0.39, 0.29) is 23.5 Å². The number of halogens is 2. The van der Waals surface area contributed by atoms with E-state index in [4.69, 9.17) is 23.2 Å². The van der Waals surface area contributed by atoms with Gasteiger partial charge in [0, 0.05) is 21.0 Å². The maximum atomic E-state index is 13.5. The van der Waals surface area contributed by atoms with Crippen molar-refractivity contribution in [2.24, 2.45) is 0 Å². The van der Waals surface area contributed by atoms with Gasteiger partial charge in [-0.1, -0.05) is 29.3 Å². The summed E-state index contributed by atoms with van der Waals surface area (Å²) < 4.78 is 24.9. The summed E-state index contributed by atoms with van der Waals surface area (Å²) in [6.07, 6.45) is 0.446. The molecule has 1 fully saturated rings. The van der Waals surface area contributed by atoms with Crippen LogP contribution in [0.2, 0.25) is 10.0 Å². The molecule has 3 heterocycles. The van der Waals surface area contributed by atoms with Crippen LogP contribution in [-0.2, 0) is 16.4 Å². The van der Waals surface area contributed by atoms with Crippen molar-refractivity contribution in [3.05, 3.63) is 55.0 Å². The van der Waals surface area contributed by atoms with Gasteiger partial charge in [-0.3, -0.25) is 4.79 Å². The number of hydrogen-bond donors (Lipinski definition) is 0. The molecule has 4 nitrogen and oxygen atoms in total. The van der Waals surface area contributed by atoms with Gasteiger partial charge in [-0.15, -0.1) is 22.7 Å². The first-order chi connectivity index (χ1) is 13.3. The first-order valence-corrected chi connectivity index (χ1v) is 12.9. The molecule has 4 rings (SSSR count). The maximum Gasteiger partial charge on any atom is 0.266 e. The van der Waals surface area contributed by atoms with Crippen molar-refractivity contribution in [1.29, 1.82) is 0 Å². The average molecular weight is 474 g/mol. The zero-order valence-corrected chi connectivity index (χ0v) is 18.9. The molecular formula is C19H17Cl2NO3S3. The number of carbonyl (C=O) groups excluding carboxylic acids is 1. The number of amides is 1. The second-order valence-electron chi connectivity index (χ2n) is 6.87. The zero-order valence-electron chi connectivity index (χ0n) is 14.9. The molecule has 0 spiro atoms. The molecule has 1 saturated heterocycles. The highest BCUT2D eigenvalue weighted by molar-refractivity contribution is 7.91. The highest BCUT2D eigenvalue weighted by Crippen LogP contribution is 2.40. The molecule has 1 atom stereocenters. The number of rotatable bonds is 4. The SMILES string of the molecule is Cc1ccsc1CN(C(=O)c1sc2cccc(Cl)c2c1Cl)[C@@H]1CCS(=O)(=O)C1. The van der Waals surface area contributed by atoms with Crippen LogP contribution in [0.3, 0.4) is 0 Å². The summed E-state index contributed by atoms with van der Waals surface area (Å²) in [6.45, 7) is 2.37. The Balaban J connectivity index is 1.76. The third-order valence-corrected chi connectivity index (χ3v) is 9.70. The molecule has 1 amide bonds. The Labute approximate surface area is 181 Å². The Morgan fingerprint density at radius 3 is 2.68 bits per heavy atom. The molecule has 2 aromatic heterocycles. The Bertz CT molecular complexity index is 1170. The van der Waals surface area contributed by atoms with Crippen LogP contribution in [0.5, 0.6) is 0 Å². The summed E-state index contributed by atoms with van der Waals surface area (Å²) >= 11 is 15.7. The molecular weight excluding hydrogens is 457 g/mol. The fraction of sp³-hybridized carbons (Fsp3) is 0.316. The van der Waals surface area contributed by atoms with E-state index < -0.39 is 9.84 Å². The predicted octanol–water partition coefficient (Wildman–Crippen LogP) is 5.41. The summed E-state index contributed by atoms with van der Waals surface area (Å²) in [6, 6.07) is 7.09. The van der Waals surface area contributed by atoms with E-state index in [2.05, 4.69) is 0 Å². The lowest BCUT2D eigenvalue weighted by Gasteiger charge is -2.28. The molecule has 1 aliphatic heterocycles. The number of benzene rings is 1. The van der Waals surface area contributed by atoms with E-state index in [9.17, 15) is 13.2 Å². The summed E-state index contributed by atoms with van der Waals surface area (Å²) in [7, 11) is -3.13. The standard InChI is InChI=1S/C19H17Cl2NO3S3/c1-11-5-7-26-15(11)9-22(12-6-8-28(24,25)10-12)19(23)18-17(21)16-13(20)3-2-4-14(16)27-18/h2-5,7,12H,6,8-10H2,1H3/t12-/m1/s1. The van der Waals surface area contributed by atoms with Crippen LogP contribution < -0.4 is 0 Å². The van der Waals surface area contributed by atoms with Crippen LogP contribution in [0.15, 0.2) is 29.6 Å². The first-order valence-electron chi connectivity index (χ1n) is 8.67. The number of sulfone groups is 1. The predicted molar refractivity (Wildman–Crippen MR) is 118 cm³/mol. The summed E-state index contributed by atoms with van der Waals surface area (Å²) in [5, 5.41) is 3.49. The number of carbonyl (C=O) groups is 1. The third-order valence-electron chi connectivity index (χ3n) is 4.99. The zero-order chi connectivity index (χ0) is 20.1. The van der Waals surface area contributed by atoms with Gasteiger partial charge in [-0.05, 0) is 42.5 Å². The molecule has 28 heavy (non-hydrogen) atoms. The van der Waals surface area contributed by atoms with Gasteiger partial charge >= 0.3 is 0 Å². The van der Waals surface area contributed by atoms with E-state index in [1.165, 1.54) is 11.3 Å². The summed E-state index contributed by atoms with van der Waals surface area (Å²) in [4.78, 5) is 16.6. The quantitative estimate of drug-likeness (QED) is 0.508. The molecule has 1 aliphatic rings. The normalized spacial score (nSPS) is 18.6. The van der Waals surface area contributed by atoms with Crippen LogP contribution in [0, 0.1) is 6.92 Å². The average Bonchev–Trinajstić information content (AvgIpc) is 3.30. The van der Waals surface area contributed by atoms with Gasteiger partial charge in [0.15, 0.2) is 9.84 Å². The highest BCUT2D eigenvalue weighted by Gasteiger charge is 2.36. The summed E-state index contributed by atoms with van der Waals surface area (Å²) in [5.74, 6) is -0.138. The molecule has 0 unspecified atom stereocenters. The lowest BCUT2D eigenvalue weighted by atomic mass is 10.1. The largest absolute Gasteiger partial charge is 0.329 e. The number of aryl methyl sites for hydroxylation is 1. The van der Waals surface area contributed by atoms with Gasteiger partial charge in [0.25, 0.3) is 5.91 Å². The third kappa shape index (κ3) is 3.71. The molecule has 0 N–H and O–H groups in total. The van der Waals surface area contributed by atoms with Crippen LogP contribution in [-0.4, -0.2) is 36.8 Å².